The van der Waals surface area contributed by atoms with Crippen LogP contribution >= 0.6 is 0 Å². The molecule has 2 aromatic rings. The first-order chi connectivity index (χ1) is 12.8. The predicted octanol–water partition coefficient (Wildman–Crippen LogP) is 3.63. The monoisotopic (exact) mass is 352 g/mol. The SMILES string of the molecule is COc1cc([C@H](C2CC2)N2CCNCC2)ccc1OCc1ccccc1. The van der Waals surface area contributed by atoms with Crippen molar-refractivity contribution in [3.05, 3.63) is 59.7 Å². The molecule has 2 aliphatic rings. The number of hydrogen-bond acceptors (Lipinski definition) is 4. The van der Waals surface area contributed by atoms with Crippen molar-refractivity contribution in [3.63, 3.8) is 0 Å². The molecule has 26 heavy (non-hydrogen) atoms. The van der Waals surface area contributed by atoms with Gasteiger partial charge in [-0.3, -0.25) is 4.90 Å². The molecule has 2 aromatic carbocycles. The molecule has 1 aliphatic carbocycles. The second kappa shape index (κ2) is 8.11. The topological polar surface area (TPSA) is 33.7 Å². The fourth-order valence-electron chi connectivity index (χ4n) is 3.88. The van der Waals surface area contributed by atoms with Gasteiger partial charge in [0, 0.05) is 32.2 Å². The number of methoxy groups -OCH3 is 1. The van der Waals surface area contributed by atoms with Crippen molar-refractivity contribution in [1.82, 2.24) is 10.2 Å². The summed E-state index contributed by atoms with van der Waals surface area (Å²) in [5.74, 6) is 2.43. The molecule has 0 amide bonds. The van der Waals surface area contributed by atoms with Crippen LogP contribution in [0.15, 0.2) is 48.5 Å². The fourth-order valence-corrected chi connectivity index (χ4v) is 3.88. The third-order valence-corrected chi connectivity index (χ3v) is 5.38. The van der Waals surface area contributed by atoms with Gasteiger partial charge < -0.3 is 14.8 Å². The smallest absolute Gasteiger partial charge is 0.161 e. The standard InChI is InChI=1S/C22H28N2O2/c1-25-21-15-19(22(18-7-8-18)24-13-11-23-12-14-24)9-10-20(21)26-16-17-5-3-2-4-6-17/h2-6,9-10,15,18,22-23H,7-8,11-14,16H2,1H3/t22-/m0/s1. The van der Waals surface area contributed by atoms with E-state index in [-0.39, 0.29) is 0 Å². The molecule has 1 saturated carbocycles. The minimum atomic E-state index is 0.508. The molecule has 1 N–H and O–H groups in total. The van der Waals surface area contributed by atoms with Crippen LogP contribution < -0.4 is 14.8 Å². The van der Waals surface area contributed by atoms with Gasteiger partial charge in [0.05, 0.1) is 7.11 Å². The van der Waals surface area contributed by atoms with E-state index in [9.17, 15) is 0 Å². The van der Waals surface area contributed by atoms with E-state index in [1.165, 1.54) is 18.4 Å². The highest BCUT2D eigenvalue weighted by Gasteiger charge is 2.37. The highest BCUT2D eigenvalue weighted by atomic mass is 16.5. The van der Waals surface area contributed by atoms with Crippen molar-refractivity contribution >= 4 is 0 Å². The van der Waals surface area contributed by atoms with Gasteiger partial charge in [-0.05, 0) is 42.0 Å². The molecule has 0 aromatic heterocycles. The molecule has 4 rings (SSSR count). The van der Waals surface area contributed by atoms with Gasteiger partial charge in [-0.25, -0.2) is 0 Å². The molecule has 1 aliphatic heterocycles. The Morgan fingerprint density at radius 3 is 2.50 bits per heavy atom. The highest BCUT2D eigenvalue weighted by Crippen LogP contribution is 2.46. The number of rotatable bonds is 7. The van der Waals surface area contributed by atoms with Crippen LogP contribution in [0.1, 0.15) is 30.0 Å². The molecule has 4 nitrogen and oxygen atoms in total. The summed E-state index contributed by atoms with van der Waals surface area (Å²) in [6.45, 7) is 4.96. The summed E-state index contributed by atoms with van der Waals surface area (Å²) in [5.41, 5.74) is 2.52. The lowest BCUT2D eigenvalue weighted by atomic mass is 9.99. The molecule has 0 bridgehead atoms. The van der Waals surface area contributed by atoms with Crippen molar-refractivity contribution in [2.45, 2.75) is 25.5 Å². The van der Waals surface area contributed by atoms with Gasteiger partial charge in [0.2, 0.25) is 0 Å². The Morgan fingerprint density at radius 2 is 1.81 bits per heavy atom. The minimum absolute atomic E-state index is 0.508. The van der Waals surface area contributed by atoms with Crippen LogP contribution in [-0.2, 0) is 6.61 Å². The van der Waals surface area contributed by atoms with Gasteiger partial charge in [0.1, 0.15) is 6.61 Å². The van der Waals surface area contributed by atoms with E-state index in [2.05, 4.69) is 40.5 Å². The average molecular weight is 352 g/mol. The van der Waals surface area contributed by atoms with E-state index in [1.807, 2.05) is 18.2 Å². The largest absolute Gasteiger partial charge is 0.493 e. The number of piperazine rings is 1. The number of hydrogen-bond donors (Lipinski definition) is 1. The molecule has 0 spiro atoms. The summed E-state index contributed by atoms with van der Waals surface area (Å²) in [7, 11) is 1.73. The summed E-state index contributed by atoms with van der Waals surface area (Å²) in [6, 6.07) is 17.2. The van der Waals surface area contributed by atoms with E-state index < -0.39 is 0 Å². The lowest BCUT2D eigenvalue weighted by molar-refractivity contribution is 0.156. The zero-order valence-electron chi connectivity index (χ0n) is 15.5. The summed E-state index contributed by atoms with van der Waals surface area (Å²) in [6.07, 6.45) is 2.67. The van der Waals surface area contributed by atoms with Gasteiger partial charge in [0.15, 0.2) is 11.5 Å². The Bertz CT molecular complexity index is 709. The highest BCUT2D eigenvalue weighted by molar-refractivity contribution is 5.44. The van der Waals surface area contributed by atoms with Crippen LogP contribution in [0.4, 0.5) is 0 Å². The molecule has 4 heteroatoms. The third-order valence-electron chi connectivity index (χ3n) is 5.38. The first-order valence-corrected chi connectivity index (χ1v) is 9.64. The molecule has 1 atom stereocenters. The summed E-state index contributed by atoms with van der Waals surface area (Å²) in [5, 5.41) is 3.46. The van der Waals surface area contributed by atoms with Crippen molar-refractivity contribution < 1.29 is 9.47 Å². The summed E-state index contributed by atoms with van der Waals surface area (Å²) >= 11 is 0. The zero-order chi connectivity index (χ0) is 17.8. The quantitative estimate of drug-likeness (QED) is 0.825. The molecule has 0 unspecified atom stereocenters. The Hall–Kier alpha value is -2.04. The Morgan fingerprint density at radius 1 is 1.04 bits per heavy atom. The Kier molecular flexibility index (Phi) is 5.42. The minimum Gasteiger partial charge on any atom is -0.493 e. The molecule has 1 saturated heterocycles. The van der Waals surface area contributed by atoms with Crippen molar-refractivity contribution in [2.75, 3.05) is 33.3 Å². The van der Waals surface area contributed by atoms with Crippen LogP contribution in [-0.4, -0.2) is 38.2 Å². The second-order valence-corrected chi connectivity index (χ2v) is 7.25. The van der Waals surface area contributed by atoms with E-state index >= 15 is 0 Å². The van der Waals surface area contributed by atoms with Gasteiger partial charge >= 0.3 is 0 Å². The van der Waals surface area contributed by atoms with E-state index in [0.29, 0.717) is 12.6 Å². The van der Waals surface area contributed by atoms with Crippen molar-refractivity contribution in [3.8, 4) is 11.5 Å². The number of ether oxygens (including phenoxy) is 2. The van der Waals surface area contributed by atoms with Crippen LogP contribution in [0, 0.1) is 5.92 Å². The molecule has 138 valence electrons. The number of nitrogens with one attached hydrogen (secondary N) is 1. The van der Waals surface area contributed by atoms with Gasteiger partial charge in [0.25, 0.3) is 0 Å². The normalized spacial score (nSPS) is 19.1. The van der Waals surface area contributed by atoms with Crippen LogP contribution in [0.5, 0.6) is 11.5 Å². The van der Waals surface area contributed by atoms with E-state index in [4.69, 9.17) is 9.47 Å². The fraction of sp³-hybridized carbons (Fsp3) is 0.455. The maximum absolute atomic E-state index is 6.02. The third kappa shape index (κ3) is 4.02. The Balaban J connectivity index is 1.51. The molecular weight excluding hydrogens is 324 g/mol. The lowest BCUT2D eigenvalue weighted by Crippen LogP contribution is -2.45. The molecule has 0 radical (unpaired) electrons. The zero-order valence-corrected chi connectivity index (χ0v) is 15.5. The number of nitrogens with zero attached hydrogens (tertiary/aromatic N) is 1. The van der Waals surface area contributed by atoms with E-state index in [1.54, 1.807) is 7.11 Å². The van der Waals surface area contributed by atoms with E-state index in [0.717, 1.165) is 49.2 Å². The van der Waals surface area contributed by atoms with Gasteiger partial charge in [-0.1, -0.05) is 36.4 Å². The van der Waals surface area contributed by atoms with Crippen LogP contribution in [0.3, 0.4) is 0 Å². The van der Waals surface area contributed by atoms with Crippen LogP contribution in [0.2, 0.25) is 0 Å². The maximum atomic E-state index is 6.02. The maximum Gasteiger partial charge on any atom is 0.161 e. The van der Waals surface area contributed by atoms with Gasteiger partial charge in [-0.15, -0.1) is 0 Å². The number of benzene rings is 2. The predicted molar refractivity (Wildman–Crippen MR) is 104 cm³/mol. The van der Waals surface area contributed by atoms with Crippen molar-refractivity contribution in [2.24, 2.45) is 5.92 Å². The summed E-state index contributed by atoms with van der Waals surface area (Å²) < 4.78 is 11.7. The molecule has 1 heterocycles. The Labute approximate surface area is 156 Å². The second-order valence-electron chi connectivity index (χ2n) is 7.25. The van der Waals surface area contributed by atoms with Crippen LogP contribution in [0.25, 0.3) is 0 Å². The summed E-state index contributed by atoms with van der Waals surface area (Å²) in [4.78, 5) is 2.63. The average Bonchev–Trinajstić information content (AvgIpc) is 3.53. The van der Waals surface area contributed by atoms with Gasteiger partial charge in [-0.2, -0.15) is 0 Å². The lowest BCUT2D eigenvalue weighted by Gasteiger charge is -2.35. The molecule has 2 fully saturated rings. The molecular formula is C22H28N2O2. The first-order valence-electron chi connectivity index (χ1n) is 9.64. The first kappa shape index (κ1) is 17.4. The van der Waals surface area contributed by atoms with Crippen molar-refractivity contribution in [1.29, 1.82) is 0 Å².